The summed E-state index contributed by atoms with van der Waals surface area (Å²) in [5, 5.41) is 6.53. The van der Waals surface area contributed by atoms with Gasteiger partial charge in [0, 0.05) is 23.3 Å². The average Bonchev–Trinajstić information content (AvgIpc) is 3.92. The molecule has 2 aromatic carbocycles. The SMILES string of the molecule is CC(C)c1ccc(-c2nc(O[C@@H]3C[C@H]4C(=O)N[C@]5(C(=O)NS(=O)(=O)C6(C)CC6)C[C@H]5/C=C\CCCCC[C@H](NC(=O)OC5CCCC5)C(=O)N4C3)c3oc4ccccc4c3n2)cc1. The zero-order chi connectivity index (χ0) is 44.1. The lowest BCUT2D eigenvalue weighted by molar-refractivity contribution is -0.141. The molecule has 9 rings (SSSR count). The van der Waals surface area contributed by atoms with Gasteiger partial charge in [0.25, 0.3) is 11.8 Å². The van der Waals surface area contributed by atoms with Gasteiger partial charge in [0.05, 0.1) is 11.3 Å². The number of carbonyl (C=O) groups excluding carboxylic acids is 4. The van der Waals surface area contributed by atoms with E-state index in [9.17, 15) is 27.6 Å². The highest BCUT2D eigenvalue weighted by Crippen LogP contribution is 2.48. The number of nitrogens with one attached hydrogen (secondary N) is 3. The number of nitrogens with zero attached hydrogens (tertiary/aromatic N) is 3. The van der Waals surface area contributed by atoms with Gasteiger partial charge in [-0.1, -0.05) is 75.2 Å². The van der Waals surface area contributed by atoms with E-state index >= 15 is 0 Å². The minimum atomic E-state index is -4.02. The predicted molar refractivity (Wildman–Crippen MR) is 235 cm³/mol. The van der Waals surface area contributed by atoms with Crippen LogP contribution >= 0.6 is 0 Å². The maximum absolute atomic E-state index is 14.8. The third-order valence-electron chi connectivity index (χ3n) is 13.6. The molecule has 4 aromatic rings. The lowest BCUT2D eigenvalue weighted by atomic mass is 10.0. The Hall–Kier alpha value is -5.51. The first-order valence-corrected chi connectivity index (χ1v) is 24.0. The number of allylic oxidation sites excluding steroid dienone is 1. The number of furan rings is 1. The van der Waals surface area contributed by atoms with Gasteiger partial charge in [0.2, 0.25) is 27.4 Å². The molecule has 4 fully saturated rings. The topological polar surface area (TPSA) is 199 Å². The van der Waals surface area contributed by atoms with E-state index in [1.807, 2.05) is 60.7 Å². The molecule has 0 radical (unpaired) electrons. The summed E-state index contributed by atoms with van der Waals surface area (Å²) in [7, 11) is -4.02. The van der Waals surface area contributed by atoms with E-state index in [-0.39, 0.29) is 31.4 Å². The van der Waals surface area contributed by atoms with Crippen molar-refractivity contribution in [3.05, 3.63) is 66.2 Å². The Kier molecular flexibility index (Phi) is 11.5. The molecule has 4 heterocycles. The maximum atomic E-state index is 14.8. The highest BCUT2D eigenvalue weighted by atomic mass is 32.2. The number of ether oxygens (including phenoxy) is 2. The minimum Gasteiger partial charge on any atom is -0.470 e. The van der Waals surface area contributed by atoms with E-state index in [0.717, 1.165) is 55.0 Å². The Balaban J connectivity index is 1.05. The summed E-state index contributed by atoms with van der Waals surface area (Å²) < 4.78 is 46.6. The van der Waals surface area contributed by atoms with Crippen LogP contribution in [0.1, 0.15) is 116 Å². The Morgan fingerprint density at radius 3 is 2.44 bits per heavy atom. The van der Waals surface area contributed by atoms with Gasteiger partial charge >= 0.3 is 6.09 Å². The summed E-state index contributed by atoms with van der Waals surface area (Å²) in [6.07, 6.45) is 9.80. The smallest absolute Gasteiger partial charge is 0.408 e. The van der Waals surface area contributed by atoms with Crippen LogP contribution in [-0.4, -0.2) is 88.2 Å². The number of aromatic nitrogens is 2. The zero-order valence-corrected chi connectivity index (χ0v) is 36.9. The van der Waals surface area contributed by atoms with Crippen molar-refractivity contribution in [3.63, 3.8) is 0 Å². The summed E-state index contributed by atoms with van der Waals surface area (Å²) in [4.78, 5) is 68.1. The number of sulfonamides is 1. The second kappa shape index (κ2) is 16.9. The molecule has 5 atom stereocenters. The molecule has 2 aliphatic heterocycles. The quantitative estimate of drug-likeness (QED) is 0.147. The molecule has 15 nitrogen and oxygen atoms in total. The van der Waals surface area contributed by atoms with Gasteiger partial charge in [0.1, 0.15) is 40.9 Å². The number of benzene rings is 2. The normalized spacial score (nSPS) is 26.9. The molecule has 3 aliphatic carbocycles. The number of hydrogen-bond acceptors (Lipinski definition) is 11. The fraction of sp³-hybridized carbons (Fsp3) is 0.532. The molecule has 334 valence electrons. The van der Waals surface area contributed by atoms with Crippen LogP contribution in [0.25, 0.3) is 33.5 Å². The van der Waals surface area contributed by atoms with Crippen LogP contribution in [0.3, 0.4) is 0 Å². The molecule has 3 N–H and O–H groups in total. The number of para-hydroxylation sites is 1. The molecular formula is C47H56N6O9S. The third kappa shape index (κ3) is 8.62. The Morgan fingerprint density at radius 1 is 0.952 bits per heavy atom. The number of alkyl carbamates (subject to hydrolysis) is 1. The van der Waals surface area contributed by atoms with Crippen molar-refractivity contribution in [2.45, 2.75) is 145 Å². The third-order valence-corrected chi connectivity index (χ3v) is 15.8. The summed E-state index contributed by atoms with van der Waals surface area (Å²) in [5.74, 6) is -1.52. The molecule has 0 spiro atoms. The van der Waals surface area contributed by atoms with E-state index in [1.165, 1.54) is 4.90 Å². The van der Waals surface area contributed by atoms with Crippen molar-refractivity contribution in [2.75, 3.05) is 6.54 Å². The standard InChI is InChI=1S/C47H56N6O9S/c1-28(2)29-19-21-30(22-20-29)40-49-38-34-16-11-12-18-37(34)62-39(38)42(50-40)60-33-25-36-41(54)51-47(44(56)52-63(58,59)46(3)23-24-46)26-31(47)13-7-5-4-6-8-17-35(43(55)53(36)27-33)48-45(57)61-32-14-9-10-15-32/h7,11-13,16,18-22,28,31-33,35-36H,4-6,8-10,14-15,17,23-27H2,1-3H3,(H,48,57)(H,51,54)(H,52,56)/b13-7-/t31-,33-,35+,36+,47-/m1/s1. The molecule has 0 unspecified atom stereocenters. The second-order valence-corrected chi connectivity index (χ2v) is 20.8. The van der Waals surface area contributed by atoms with Gasteiger partial charge in [-0.15, -0.1) is 0 Å². The van der Waals surface area contributed by atoms with Gasteiger partial charge < -0.3 is 29.4 Å². The lowest BCUT2D eigenvalue weighted by Gasteiger charge is -2.30. The van der Waals surface area contributed by atoms with E-state index in [0.29, 0.717) is 60.5 Å². The molecule has 5 aliphatic rings. The largest absolute Gasteiger partial charge is 0.470 e. The maximum Gasteiger partial charge on any atom is 0.408 e. The van der Waals surface area contributed by atoms with Crippen LogP contribution in [0.4, 0.5) is 4.79 Å². The monoisotopic (exact) mass is 880 g/mol. The van der Waals surface area contributed by atoms with Gasteiger partial charge in [0.15, 0.2) is 5.82 Å². The van der Waals surface area contributed by atoms with Crippen molar-refractivity contribution >= 4 is 55.9 Å². The van der Waals surface area contributed by atoms with E-state index in [1.54, 1.807) is 6.92 Å². The van der Waals surface area contributed by atoms with Crippen LogP contribution in [0.5, 0.6) is 5.88 Å². The molecule has 1 saturated heterocycles. The van der Waals surface area contributed by atoms with Gasteiger partial charge in [-0.3, -0.25) is 19.1 Å². The molecule has 16 heteroatoms. The van der Waals surface area contributed by atoms with Crippen molar-refractivity contribution in [3.8, 4) is 17.3 Å². The average molecular weight is 881 g/mol. The van der Waals surface area contributed by atoms with Crippen molar-refractivity contribution < 1.29 is 41.5 Å². The van der Waals surface area contributed by atoms with Gasteiger partial charge in [-0.2, -0.15) is 4.98 Å². The predicted octanol–water partition coefficient (Wildman–Crippen LogP) is 6.95. The highest BCUT2D eigenvalue weighted by molar-refractivity contribution is 7.91. The number of amides is 4. The van der Waals surface area contributed by atoms with E-state index in [4.69, 9.17) is 23.9 Å². The van der Waals surface area contributed by atoms with Gasteiger partial charge in [-0.25, -0.2) is 18.2 Å². The van der Waals surface area contributed by atoms with Crippen molar-refractivity contribution in [2.24, 2.45) is 5.92 Å². The number of carbonyl (C=O) groups is 4. The summed E-state index contributed by atoms with van der Waals surface area (Å²) >= 11 is 0. The molecule has 3 saturated carbocycles. The van der Waals surface area contributed by atoms with E-state index < -0.39 is 68.2 Å². The first-order chi connectivity index (χ1) is 30.2. The van der Waals surface area contributed by atoms with Gasteiger partial charge in [-0.05, 0) is 94.7 Å². The molecule has 0 bridgehead atoms. The Bertz CT molecular complexity index is 2560. The fourth-order valence-corrected chi connectivity index (χ4v) is 10.5. The summed E-state index contributed by atoms with van der Waals surface area (Å²) in [6.45, 7) is 5.78. The van der Waals surface area contributed by atoms with Crippen molar-refractivity contribution in [1.29, 1.82) is 0 Å². The van der Waals surface area contributed by atoms with Crippen LogP contribution in [-0.2, 0) is 29.1 Å². The number of hydrogen-bond donors (Lipinski definition) is 3. The second-order valence-electron chi connectivity index (χ2n) is 18.6. The molecular weight excluding hydrogens is 825 g/mol. The number of fused-ring (bicyclic) bond motifs is 5. The summed E-state index contributed by atoms with van der Waals surface area (Å²) in [6, 6.07) is 13.3. The van der Waals surface area contributed by atoms with E-state index in [2.05, 4.69) is 29.2 Å². The molecule has 63 heavy (non-hydrogen) atoms. The fourth-order valence-electron chi connectivity index (χ4n) is 9.23. The molecule has 4 amide bonds. The molecule has 2 aromatic heterocycles. The van der Waals surface area contributed by atoms with Crippen LogP contribution in [0, 0.1) is 5.92 Å². The lowest BCUT2D eigenvalue weighted by Crippen LogP contribution is -2.58. The Morgan fingerprint density at radius 2 is 1.70 bits per heavy atom. The number of rotatable bonds is 9. The van der Waals surface area contributed by atoms with Crippen LogP contribution < -0.4 is 20.1 Å². The highest BCUT2D eigenvalue weighted by Gasteiger charge is 2.63. The minimum absolute atomic E-state index is 0.00443. The summed E-state index contributed by atoms with van der Waals surface area (Å²) in [5.41, 5.74) is 1.81. The first kappa shape index (κ1) is 42.8. The van der Waals surface area contributed by atoms with Crippen LogP contribution in [0.2, 0.25) is 0 Å². The Labute approximate surface area is 367 Å². The zero-order valence-electron chi connectivity index (χ0n) is 36.1. The first-order valence-electron chi connectivity index (χ1n) is 22.5. The van der Waals surface area contributed by atoms with Crippen LogP contribution in [0.15, 0.2) is 65.1 Å². The van der Waals surface area contributed by atoms with Crippen molar-refractivity contribution in [1.82, 2.24) is 30.2 Å².